The van der Waals surface area contributed by atoms with Gasteiger partial charge in [-0.1, -0.05) is 30.3 Å². The number of carbonyl (C=O) groups is 1. The molecule has 0 spiro atoms. The summed E-state index contributed by atoms with van der Waals surface area (Å²) in [6.07, 6.45) is 0. The Kier molecular flexibility index (Phi) is 6.17. The van der Waals surface area contributed by atoms with Crippen LogP contribution in [0.4, 0.5) is 11.4 Å². The van der Waals surface area contributed by atoms with Crippen LogP contribution in [0.5, 0.6) is 11.5 Å². The lowest BCUT2D eigenvalue weighted by Gasteiger charge is -2.12. The maximum Gasteiger partial charge on any atom is 0.255 e. The van der Waals surface area contributed by atoms with Crippen LogP contribution in [-0.2, 0) is 6.54 Å². The highest BCUT2D eigenvalue weighted by Crippen LogP contribution is 2.29. The lowest BCUT2D eigenvalue weighted by molar-refractivity contribution is 0.102. The molecule has 0 saturated carbocycles. The summed E-state index contributed by atoms with van der Waals surface area (Å²) < 4.78 is 10.6. The second-order valence-electron chi connectivity index (χ2n) is 6.39. The molecule has 144 valence electrons. The van der Waals surface area contributed by atoms with Crippen molar-refractivity contribution in [2.45, 2.75) is 13.5 Å². The summed E-state index contributed by atoms with van der Waals surface area (Å²) in [5, 5.41) is 6.29. The lowest BCUT2D eigenvalue weighted by Crippen LogP contribution is -2.12. The Bertz CT molecular complexity index is 952. The van der Waals surface area contributed by atoms with E-state index in [0.29, 0.717) is 23.6 Å². The molecule has 0 bridgehead atoms. The number of carbonyl (C=O) groups excluding carboxylic acids is 1. The molecule has 0 fully saturated rings. The molecular weight excluding hydrogens is 352 g/mol. The fourth-order valence-corrected chi connectivity index (χ4v) is 2.83. The zero-order valence-corrected chi connectivity index (χ0v) is 16.3. The van der Waals surface area contributed by atoms with Gasteiger partial charge in [0, 0.05) is 29.5 Å². The highest BCUT2D eigenvalue weighted by molar-refractivity contribution is 6.04. The maximum absolute atomic E-state index is 12.4. The average molecular weight is 376 g/mol. The van der Waals surface area contributed by atoms with E-state index < -0.39 is 0 Å². The predicted molar refractivity (Wildman–Crippen MR) is 112 cm³/mol. The van der Waals surface area contributed by atoms with Crippen LogP contribution in [0.25, 0.3) is 0 Å². The Balaban J connectivity index is 1.61. The number of ether oxygens (including phenoxy) is 2. The molecule has 0 saturated heterocycles. The SMILES string of the molecule is COc1ccc(NCc2ccc(C(=O)Nc3ccccc3C)cc2)cc1OC. The predicted octanol–water partition coefficient (Wildman–Crippen LogP) is 4.88. The van der Waals surface area contributed by atoms with Crippen LogP contribution >= 0.6 is 0 Å². The second-order valence-corrected chi connectivity index (χ2v) is 6.39. The van der Waals surface area contributed by atoms with Crippen LogP contribution in [0.1, 0.15) is 21.5 Å². The van der Waals surface area contributed by atoms with Gasteiger partial charge in [-0.3, -0.25) is 4.79 Å². The largest absolute Gasteiger partial charge is 0.493 e. The third-order valence-corrected chi connectivity index (χ3v) is 4.49. The number of hydrogen-bond acceptors (Lipinski definition) is 4. The first kappa shape index (κ1) is 19.3. The number of benzene rings is 3. The fourth-order valence-electron chi connectivity index (χ4n) is 2.83. The molecule has 0 aliphatic heterocycles. The number of methoxy groups -OCH3 is 2. The summed E-state index contributed by atoms with van der Waals surface area (Å²) in [5.74, 6) is 1.25. The molecule has 2 N–H and O–H groups in total. The highest BCUT2D eigenvalue weighted by Gasteiger charge is 2.08. The van der Waals surface area contributed by atoms with Gasteiger partial charge in [0.25, 0.3) is 5.91 Å². The van der Waals surface area contributed by atoms with Crippen molar-refractivity contribution >= 4 is 17.3 Å². The summed E-state index contributed by atoms with van der Waals surface area (Å²) in [7, 11) is 3.23. The summed E-state index contributed by atoms with van der Waals surface area (Å²) in [5.41, 5.74) is 4.48. The second kappa shape index (κ2) is 8.95. The minimum atomic E-state index is -0.117. The van der Waals surface area contributed by atoms with Gasteiger partial charge in [-0.25, -0.2) is 0 Å². The van der Waals surface area contributed by atoms with E-state index in [0.717, 1.165) is 22.5 Å². The number of amides is 1. The average Bonchev–Trinajstić information content (AvgIpc) is 2.74. The molecule has 0 atom stereocenters. The van der Waals surface area contributed by atoms with Crippen molar-refractivity contribution in [3.8, 4) is 11.5 Å². The third kappa shape index (κ3) is 4.62. The van der Waals surface area contributed by atoms with Gasteiger partial charge in [-0.2, -0.15) is 0 Å². The van der Waals surface area contributed by atoms with Crippen LogP contribution in [-0.4, -0.2) is 20.1 Å². The molecule has 3 aromatic carbocycles. The van der Waals surface area contributed by atoms with Crippen LogP contribution in [0.15, 0.2) is 66.7 Å². The van der Waals surface area contributed by atoms with E-state index in [1.807, 2.05) is 73.7 Å². The van der Waals surface area contributed by atoms with Gasteiger partial charge in [-0.05, 0) is 48.4 Å². The summed E-state index contributed by atoms with van der Waals surface area (Å²) in [6.45, 7) is 2.60. The van der Waals surface area contributed by atoms with Crippen LogP contribution in [0, 0.1) is 6.92 Å². The first-order valence-electron chi connectivity index (χ1n) is 9.02. The number of anilines is 2. The van der Waals surface area contributed by atoms with Gasteiger partial charge in [0.1, 0.15) is 0 Å². The molecular formula is C23H24N2O3. The monoisotopic (exact) mass is 376 g/mol. The first-order chi connectivity index (χ1) is 13.6. The Hall–Kier alpha value is -3.47. The smallest absolute Gasteiger partial charge is 0.255 e. The van der Waals surface area contributed by atoms with E-state index in [1.165, 1.54) is 0 Å². The lowest BCUT2D eigenvalue weighted by atomic mass is 10.1. The zero-order valence-electron chi connectivity index (χ0n) is 16.3. The molecule has 0 aliphatic carbocycles. The molecule has 3 aromatic rings. The standard InChI is InChI=1S/C23H24N2O3/c1-16-6-4-5-7-20(16)25-23(26)18-10-8-17(9-11-18)15-24-19-12-13-21(27-2)22(14-19)28-3/h4-14,24H,15H2,1-3H3,(H,25,26). The molecule has 28 heavy (non-hydrogen) atoms. The number of hydrogen-bond donors (Lipinski definition) is 2. The normalized spacial score (nSPS) is 10.2. The van der Waals surface area contributed by atoms with Gasteiger partial charge in [0.15, 0.2) is 11.5 Å². The first-order valence-corrected chi connectivity index (χ1v) is 9.02. The minimum Gasteiger partial charge on any atom is -0.493 e. The summed E-state index contributed by atoms with van der Waals surface area (Å²) in [6, 6.07) is 21.0. The summed E-state index contributed by atoms with van der Waals surface area (Å²) >= 11 is 0. The molecule has 0 unspecified atom stereocenters. The van der Waals surface area contributed by atoms with Gasteiger partial charge < -0.3 is 20.1 Å². The Morgan fingerprint density at radius 2 is 1.61 bits per heavy atom. The maximum atomic E-state index is 12.4. The van der Waals surface area contributed by atoms with Crippen molar-refractivity contribution in [3.05, 3.63) is 83.4 Å². The van der Waals surface area contributed by atoms with Gasteiger partial charge >= 0.3 is 0 Å². The third-order valence-electron chi connectivity index (χ3n) is 4.49. The van der Waals surface area contributed by atoms with Crippen molar-refractivity contribution in [1.29, 1.82) is 0 Å². The minimum absolute atomic E-state index is 0.117. The van der Waals surface area contributed by atoms with E-state index in [2.05, 4.69) is 10.6 Å². The Morgan fingerprint density at radius 1 is 0.893 bits per heavy atom. The van der Waals surface area contributed by atoms with Crippen LogP contribution in [0.2, 0.25) is 0 Å². The van der Waals surface area contributed by atoms with Crippen LogP contribution < -0.4 is 20.1 Å². The van der Waals surface area contributed by atoms with Crippen molar-refractivity contribution < 1.29 is 14.3 Å². The number of aryl methyl sites for hydroxylation is 1. The highest BCUT2D eigenvalue weighted by atomic mass is 16.5. The van der Waals surface area contributed by atoms with E-state index in [1.54, 1.807) is 14.2 Å². The van der Waals surface area contributed by atoms with Crippen molar-refractivity contribution in [2.24, 2.45) is 0 Å². The van der Waals surface area contributed by atoms with Crippen molar-refractivity contribution in [2.75, 3.05) is 24.9 Å². The molecule has 3 rings (SSSR count). The number of nitrogens with one attached hydrogen (secondary N) is 2. The molecule has 0 aromatic heterocycles. The number of para-hydroxylation sites is 1. The van der Waals surface area contributed by atoms with Gasteiger partial charge in [0.05, 0.1) is 14.2 Å². The topological polar surface area (TPSA) is 59.6 Å². The van der Waals surface area contributed by atoms with E-state index in [-0.39, 0.29) is 5.91 Å². The van der Waals surface area contributed by atoms with Gasteiger partial charge in [-0.15, -0.1) is 0 Å². The van der Waals surface area contributed by atoms with Gasteiger partial charge in [0.2, 0.25) is 0 Å². The van der Waals surface area contributed by atoms with Crippen molar-refractivity contribution in [1.82, 2.24) is 0 Å². The quantitative estimate of drug-likeness (QED) is 0.617. The Morgan fingerprint density at radius 3 is 2.29 bits per heavy atom. The molecule has 0 aliphatic rings. The molecule has 0 heterocycles. The molecule has 5 heteroatoms. The van der Waals surface area contributed by atoms with Crippen LogP contribution in [0.3, 0.4) is 0 Å². The number of rotatable bonds is 7. The molecule has 1 amide bonds. The van der Waals surface area contributed by atoms with E-state index in [9.17, 15) is 4.79 Å². The summed E-state index contributed by atoms with van der Waals surface area (Å²) in [4.78, 5) is 12.4. The Labute approximate surface area is 165 Å². The fraction of sp³-hybridized carbons (Fsp3) is 0.174. The van der Waals surface area contributed by atoms with E-state index >= 15 is 0 Å². The van der Waals surface area contributed by atoms with E-state index in [4.69, 9.17) is 9.47 Å². The molecule has 5 nitrogen and oxygen atoms in total. The molecule has 0 radical (unpaired) electrons. The van der Waals surface area contributed by atoms with Crippen molar-refractivity contribution in [3.63, 3.8) is 0 Å². The zero-order chi connectivity index (χ0) is 19.9.